The van der Waals surface area contributed by atoms with Gasteiger partial charge in [0.1, 0.15) is 5.82 Å². The third-order valence-electron chi connectivity index (χ3n) is 5.42. The number of aromatic nitrogens is 3. The second-order valence-corrected chi connectivity index (χ2v) is 7.44. The van der Waals surface area contributed by atoms with Gasteiger partial charge in [-0.1, -0.05) is 0 Å². The van der Waals surface area contributed by atoms with E-state index in [1.165, 1.54) is 0 Å². The van der Waals surface area contributed by atoms with Crippen LogP contribution in [0.15, 0.2) is 12.1 Å². The average Bonchev–Trinajstić information content (AvgIpc) is 3.02. The number of rotatable bonds is 3. The Morgan fingerprint density at radius 2 is 1.85 bits per heavy atom. The van der Waals surface area contributed by atoms with Crippen molar-refractivity contribution in [1.82, 2.24) is 19.5 Å². The van der Waals surface area contributed by atoms with Crippen LogP contribution in [-0.4, -0.2) is 64.8 Å². The van der Waals surface area contributed by atoms with Gasteiger partial charge in [-0.25, -0.2) is 4.98 Å². The Balaban J connectivity index is 1.40. The third kappa shape index (κ3) is 3.53. The van der Waals surface area contributed by atoms with Gasteiger partial charge in [0.2, 0.25) is 5.91 Å². The van der Waals surface area contributed by atoms with E-state index in [0.29, 0.717) is 25.6 Å². The largest absolute Gasteiger partial charge is 0.378 e. The van der Waals surface area contributed by atoms with Crippen molar-refractivity contribution in [2.24, 2.45) is 5.92 Å². The molecule has 7 nitrogen and oxygen atoms in total. The summed E-state index contributed by atoms with van der Waals surface area (Å²) in [5, 5.41) is 4.60. The molecule has 4 rings (SSSR count). The topological polar surface area (TPSA) is 63.0 Å². The fraction of sp³-hybridized carbons (Fsp3) is 0.632. The third-order valence-corrected chi connectivity index (χ3v) is 5.42. The Hall–Kier alpha value is -2.15. The number of carbonyl (C=O) groups is 1. The van der Waals surface area contributed by atoms with Gasteiger partial charge >= 0.3 is 0 Å². The van der Waals surface area contributed by atoms with Gasteiger partial charge in [0.05, 0.1) is 18.9 Å². The SMILES string of the molecule is Cc1cc(N2CCC(CC(=O)N3CCOCC3)CC2)n2nc(C)cc2n1. The van der Waals surface area contributed by atoms with Crippen LogP contribution in [0.5, 0.6) is 0 Å². The van der Waals surface area contributed by atoms with Crippen molar-refractivity contribution in [3.63, 3.8) is 0 Å². The number of aryl methyl sites for hydroxylation is 2. The van der Waals surface area contributed by atoms with Gasteiger partial charge in [0, 0.05) is 50.4 Å². The van der Waals surface area contributed by atoms with Gasteiger partial charge < -0.3 is 14.5 Å². The van der Waals surface area contributed by atoms with E-state index >= 15 is 0 Å². The molecule has 0 unspecified atom stereocenters. The molecule has 0 aromatic carbocycles. The predicted octanol–water partition coefficient (Wildman–Crippen LogP) is 1.81. The van der Waals surface area contributed by atoms with Crippen molar-refractivity contribution in [3.8, 4) is 0 Å². The van der Waals surface area contributed by atoms with Crippen LogP contribution in [0.2, 0.25) is 0 Å². The maximum atomic E-state index is 12.5. The number of hydrogen-bond acceptors (Lipinski definition) is 5. The molecule has 0 aliphatic carbocycles. The summed E-state index contributed by atoms with van der Waals surface area (Å²) in [6.07, 6.45) is 2.75. The first-order valence-corrected chi connectivity index (χ1v) is 9.54. The summed E-state index contributed by atoms with van der Waals surface area (Å²) in [5.74, 6) is 1.87. The summed E-state index contributed by atoms with van der Waals surface area (Å²) in [6.45, 7) is 8.76. The van der Waals surface area contributed by atoms with E-state index in [-0.39, 0.29) is 5.91 Å². The lowest BCUT2D eigenvalue weighted by Crippen LogP contribution is -2.42. The molecule has 2 aliphatic heterocycles. The van der Waals surface area contributed by atoms with Gasteiger partial charge in [-0.05, 0) is 32.6 Å². The molecule has 0 radical (unpaired) electrons. The summed E-state index contributed by atoms with van der Waals surface area (Å²) in [4.78, 5) is 21.4. The molecule has 7 heteroatoms. The molecule has 2 aromatic rings. The van der Waals surface area contributed by atoms with Crippen molar-refractivity contribution >= 4 is 17.4 Å². The minimum absolute atomic E-state index is 0.289. The summed E-state index contributed by atoms with van der Waals surface area (Å²) in [6, 6.07) is 4.13. The van der Waals surface area contributed by atoms with E-state index in [1.54, 1.807) is 0 Å². The molecule has 2 saturated heterocycles. The van der Waals surface area contributed by atoms with Crippen molar-refractivity contribution in [3.05, 3.63) is 23.5 Å². The van der Waals surface area contributed by atoms with E-state index < -0.39 is 0 Å². The Bertz CT molecular complexity index is 789. The number of piperidine rings is 1. The Labute approximate surface area is 153 Å². The fourth-order valence-electron chi connectivity index (χ4n) is 3.98. The van der Waals surface area contributed by atoms with Crippen LogP contribution in [0.1, 0.15) is 30.7 Å². The first kappa shape index (κ1) is 17.3. The highest BCUT2D eigenvalue weighted by molar-refractivity contribution is 5.76. The minimum atomic E-state index is 0.289. The number of fused-ring (bicyclic) bond motifs is 1. The lowest BCUT2D eigenvalue weighted by molar-refractivity contribution is -0.136. The first-order chi connectivity index (χ1) is 12.6. The van der Waals surface area contributed by atoms with E-state index in [2.05, 4.69) is 21.0 Å². The van der Waals surface area contributed by atoms with Crippen molar-refractivity contribution in [2.45, 2.75) is 33.1 Å². The molecule has 0 N–H and O–H groups in total. The zero-order valence-electron chi connectivity index (χ0n) is 15.6. The van der Waals surface area contributed by atoms with Crippen LogP contribution >= 0.6 is 0 Å². The number of nitrogens with zero attached hydrogens (tertiary/aromatic N) is 5. The van der Waals surface area contributed by atoms with Crippen molar-refractivity contribution < 1.29 is 9.53 Å². The van der Waals surface area contributed by atoms with Crippen molar-refractivity contribution in [1.29, 1.82) is 0 Å². The van der Waals surface area contributed by atoms with Crippen LogP contribution in [-0.2, 0) is 9.53 Å². The number of anilines is 1. The maximum absolute atomic E-state index is 12.5. The highest BCUT2D eigenvalue weighted by Gasteiger charge is 2.26. The number of ether oxygens (including phenoxy) is 1. The lowest BCUT2D eigenvalue weighted by atomic mass is 9.93. The summed E-state index contributed by atoms with van der Waals surface area (Å²) in [7, 11) is 0. The number of carbonyl (C=O) groups excluding carboxylic acids is 1. The molecular formula is C19H27N5O2. The van der Waals surface area contributed by atoms with Gasteiger partial charge in [-0.3, -0.25) is 4.79 Å². The molecule has 2 fully saturated rings. The maximum Gasteiger partial charge on any atom is 0.223 e. The van der Waals surface area contributed by atoms with Crippen LogP contribution in [0.3, 0.4) is 0 Å². The Morgan fingerprint density at radius 1 is 1.12 bits per heavy atom. The second-order valence-electron chi connectivity index (χ2n) is 7.44. The number of morpholine rings is 1. The summed E-state index contributed by atoms with van der Waals surface area (Å²) >= 11 is 0. The first-order valence-electron chi connectivity index (χ1n) is 9.54. The quantitative estimate of drug-likeness (QED) is 0.838. The Morgan fingerprint density at radius 3 is 2.58 bits per heavy atom. The monoisotopic (exact) mass is 357 g/mol. The number of amides is 1. The minimum Gasteiger partial charge on any atom is -0.378 e. The highest BCUT2D eigenvalue weighted by atomic mass is 16.5. The molecule has 0 atom stereocenters. The van der Waals surface area contributed by atoms with Crippen molar-refractivity contribution in [2.75, 3.05) is 44.3 Å². The van der Waals surface area contributed by atoms with Gasteiger partial charge in [0.15, 0.2) is 5.65 Å². The van der Waals surface area contributed by atoms with E-state index in [4.69, 9.17) is 4.74 Å². The molecule has 0 spiro atoms. The van der Waals surface area contributed by atoms with Crippen LogP contribution in [0.4, 0.5) is 5.82 Å². The highest BCUT2D eigenvalue weighted by Crippen LogP contribution is 2.27. The zero-order valence-corrected chi connectivity index (χ0v) is 15.6. The molecule has 2 aromatic heterocycles. The zero-order chi connectivity index (χ0) is 18.1. The smallest absolute Gasteiger partial charge is 0.223 e. The fourth-order valence-corrected chi connectivity index (χ4v) is 3.98. The van der Waals surface area contributed by atoms with Crippen LogP contribution in [0.25, 0.3) is 5.65 Å². The molecule has 1 amide bonds. The second kappa shape index (κ2) is 7.23. The average molecular weight is 357 g/mol. The van der Waals surface area contributed by atoms with Gasteiger partial charge in [0.25, 0.3) is 0 Å². The van der Waals surface area contributed by atoms with E-state index in [1.807, 2.05) is 29.3 Å². The Kier molecular flexibility index (Phi) is 4.80. The van der Waals surface area contributed by atoms with Gasteiger partial charge in [-0.2, -0.15) is 9.61 Å². The van der Waals surface area contributed by atoms with Crippen LogP contribution in [0, 0.1) is 19.8 Å². The lowest BCUT2D eigenvalue weighted by Gasteiger charge is -2.34. The van der Waals surface area contributed by atoms with Crippen LogP contribution < -0.4 is 4.90 Å². The standard InChI is InChI=1S/C19H27N5O2/c1-14-12-18(24-17(20-14)11-15(2)21-24)22-5-3-16(4-6-22)13-19(25)23-7-9-26-10-8-23/h11-12,16H,3-10,13H2,1-2H3. The molecular weight excluding hydrogens is 330 g/mol. The molecule has 140 valence electrons. The predicted molar refractivity (Wildman–Crippen MR) is 99.4 cm³/mol. The molecule has 0 saturated carbocycles. The summed E-state index contributed by atoms with van der Waals surface area (Å²) in [5.41, 5.74) is 2.90. The van der Waals surface area contributed by atoms with E-state index in [9.17, 15) is 4.79 Å². The molecule has 2 aliphatic rings. The van der Waals surface area contributed by atoms with Gasteiger partial charge in [-0.15, -0.1) is 0 Å². The number of hydrogen-bond donors (Lipinski definition) is 0. The molecule has 26 heavy (non-hydrogen) atoms. The normalized spacial score (nSPS) is 19.3. The molecule has 4 heterocycles. The summed E-state index contributed by atoms with van der Waals surface area (Å²) < 4.78 is 7.28. The van der Waals surface area contributed by atoms with E-state index in [0.717, 1.165) is 61.9 Å². The molecule has 0 bridgehead atoms.